The predicted molar refractivity (Wildman–Crippen MR) is 77.0 cm³/mol. The highest BCUT2D eigenvalue weighted by Gasteiger charge is 1.99. The molecule has 5 heteroatoms. The van der Waals surface area contributed by atoms with Crippen LogP contribution in [0.15, 0.2) is 43.1 Å². The lowest BCUT2D eigenvalue weighted by molar-refractivity contribution is 0.953. The zero-order valence-corrected chi connectivity index (χ0v) is 10.9. The molecule has 0 saturated heterocycles. The van der Waals surface area contributed by atoms with Gasteiger partial charge in [0.25, 0.3) is 0 Å². The van der Waals surface area contributed by atoms with Crippen molar-refractivity contribution < 1.29 is 0 Å². The van der Waals surface area contributed by atoms with E-state index in [2.05, 4.69) is 63.6 Å². The molecule has 2 rings (SSSR count). The normalized spacial score (nSPS) is 9.95. The van der Waals surface area contributed by atoms with E-state index in [0.717, 1.165) is 0 Å². The molecular formula is C14H17N5. The van der Waals surface area contributed by atoms with E-state index in [1.165, 1.54) is 11.1 Å². The Morgan fingerprint density at radius 1 is 1.21 bits per heavy atom. The Morgan fingerprint density at radius 2 is 2.00 bits per heavy atom. The number of aromatic nitrogens is 3. The number of hydrogen-bond donors (Lipinski definition) is 2. The summed E-state index contributed by atoms with van der Waals surface area (Å²) < 4.78 is 0. The molecule has 0 aliphatic heterocycles. The van der Waals surface area contributed by atoms with Gasteiger partial charge in [-0.1, -0.05) is 35.9 Å². The van der Waals surface area contributed by atoms with Crippen molar-refractivity contribution in [3.05, 3.63) is 54.2 Å². The van der Waals surface area contributed by atoms with Crippen LogP contribution >= 0.6 is 0 Å². The van der Waals surface area contributed by atoms with Crippen molar-refractivity contribution in [3.8, 4) is 0 Å². The average Bonchev–Trinajstić information content (AvgIpc) is 2.45. The zero-order valence-electron chi connectivity index (χ0n) is 10.9. The minimum Gasteiger partial charge on any atom is -0.365 e. The van der Waals surface area contributed by atoms with Crippen LogP contribution in [-0.4, -0.2) is 21.7 Å². The van der Waals surface area contributed by atoms with Crippen molar-refractivity contribution in [2.45, 2.75) is 13.5 Å². The second-order valence-electron chi connectivity index (χ2n) is 4.17. The smallest absolute Gasteiger partial charge is 0.244 e. The molecule has 0 radical (unpaired) electrons. The van der Waals surface area contributed by atoms with E-state index in [9.17, 15) is 0 Å². The molecule has 98 valence electrons. The summed E-state index contributed by atoms with van der Waals surface area (Å²) in [5.74, 6) is 1.19. The lowest BCUT2D eigenvalue weighted by Crippen LogP contribution is -2.07. The van der Waals surface area contributed by atoms with Gasteiger partial charge in [-0.05, 0) is 12.5 Å². The Hall–Kier alpha value is -2.43. The first-order chi connectivity index (χ1) is 9.28. The maximum Gasteiger partial charge on any atom is 0.244 e. The summed E-state index contributed by atoms with van der Waals surface area (Å²) in [6.07, 6.45) is 3.35. The number of aryl methyl sites for hydroxylation is 1. The van der Waals surface area contributed by atoms with Crippen LogP contribution in [0, 0.1) is 6.92 Å². The highest BCUT2D eigenvalue weighted by Crippen LogP contribution is 2.08. The molecular weight excluding hydrogens is 238 g/mol. The summed E-state index contributed by atoms with van der Waals surface area (Å²) in [4.78, 5) is 4.30. The molecule has 0 spiro atoms. The SMILES string of the molecule is C=CCNc1nncc(NCc2ccc(C)cc2)n1. The van der Waals surface area contributed by atoms with Crippen LogP contribution in [-0.2, 0) is 6.54 Å². The fourth-order valence-electron chi connectivity index (χ4n) is 1.53. The molecule has 0 aliphatic carbocycles. The number of nitrogens with zero attached hydrogens (tertiary/aromatic N) is 3. The molecule has 1 aromatic carbocycles. The number of hydrogen-bond acceptors (Lipinski definition) is 5. The van der Waals surface area contributed by atoms with E-state index in [4.69, 9.17) is 0 Å². The van der Waals surface area contributed by atoms with Crippen LogP contribution in [0.2, 0.25) is 0 Å². The maximum absolute atomic E-state index is 4.30. The first-order valence-electron chi connectivity index (χ1n) is 6.12. The first-order valence-corrected chi connectivity index (χ1v) is 6.12. The van der Waals surface area contributed by atoms with E-state index in [1.807, 2.05) is 0 Å². The van der Waals surface area contributed by atoms with Gasteiger partial charge in [-0.25, -0.2) is 0 Å². The average molecular weight is 255 g/mol. The molecule has 2 N–H and O–H groups in total. The largest absolute Gasteiger partial charge is 0.365 e. The number of rotatable bonds is 6. The highest BCUT2D eigenvalue weighted by atomic mass is 15.3. The molecule has 0 amide bonds. The monoisotopic (exact) mass is 255 g/mol. The molecule has 1 aromatic heterocycles. The molecule has 1 heterocycles. The quantitative estimate of drug-likeness (QED) is 0.776. The van der Waals surface area contributed by atoms with Gasteiger partial charge in [0.15, 0.2) is 5.82 Å². The van der Waals surface area contributed by atoms with Gasteiger partial charge in [0.1, 0.15) is 0 Å². The molecule has 0 unspecified atom stereocenters. The van der Waals surface area contributed by atoms with Crippen molar-refractivity contribution >= 4 is 11.8 Å². The lowest BCUT2D eigenvalue weighted by Gasteiger charge is -2.07. The van der Waals surface area contributed by atoms with Crippen LogP contribution in [0.4, 0.5) is 11.8 Å². The second-order valence-corrected chi connectivity index (χ2v) is 4.17. The molecule has 0 saturated carbocycles. The summed E-state index contributed by atoms with van der Waals surface area (Å²) >= 11 is 0. The molecule has 19 heavy (non-hydrogen) atoms. The summed E-state index contributed by atoms with van der Waals surface area (Å²) in [5, 5.41) is 14.0. The van der Waals surface area contributed by atoms with E-state index in [0.29, 0.717) is 24.9 Å². The summed E-state index contributed by atoms with van der Waals surface area (Å²) in [6.45, 7) is 7.02. The fraction of sp³-hybridized carbons (Fsp3) is 0.214. The Labute approximate surface area is 112 Å². The summed E-state index contributed by atoms with van der Waals surface area (Å²) in [6, 6.07) is 8.36. The summed E-state index contributed by atoms with van der Waals surface area (Å²) in [7, 11) is 0. The third-order valence-corrected chi connectivity index (χ3v) is 2.56. The third kappa shape index (κ3) is 4.06. The standard InChI is InChI=1S/C14H17N5/c1-3-8-15-14-18-13(10-17-19-14)16-9-12-6-4-11(2)5-7-12/h3-7,10H,1,8-9H2,2H3,(H2,15,16,18,19). The van der Waals surface area contributed by atoms with Gasteiger partial charge in [0, 0.05) is 13.1 Å². The Balaban J connectivity index is 1.95. The summed E-state index contributed by atoms with van der Waals surface area (Å²) in [5.41, 5.74) is 2.45. The highest BCUT2D eigenvalue weighted by molar-refractivity contribution is 5.38. The van der Waals surface area contributed by atoms with Crippen LogP contribution < -0.4 is 10.6 Å². The van der Waals surface area contributed by atoms with Crippen molar-refractivity contribution in [3.63, 3.8) is 0 Å². The topological polar surface area (TPSA) is 62.7 Å². The number of nitrogens with one attached hydrogen (secondary N) is 2. The van der Waals surface area contributed by atoms with Gasteiger partial charge >= 0.3 is 0 Å². The Kier molecular flexibility index (Phi) is 4.44. The van der Waals surface area contributed by atoms with Gasteiger partial charge in [-0.15, -0.1) is 11.7 Å². The van der Waals surface area contributed by atoms with Crippen molar-refractivity contribution in [2.24, 2.45) is 0 Å². The second kappa shape index (κ2) is 6.49. The predicted octanol–water partition coefficient (Wildman–Crippen LogP) is 2.39. The fourth-order valence-corrected chi connectivity index (χ4v) is 1.53. The van der Waals surface area contributed by atoms with Crippen molar-refractivity contribution in [2.75, 3.05) is 17.2 Å². The van der Waals surface area contributed by atoms with Crippen LogP contribution in [0.1, 0.15) is 11.1 Å². The van der Waals surface area contributed by atoms with Gasteiger partial charge in [-0.2, -0.15) is 10.1 Å². The minimum absolute atomic E-state index is 0.494. The van der Waals surface area contributed by atoms with Crippen LogP contribution in [0.25, 0.3) is 0 Å². The first kappa shape index (κ1) is 13.0. The molecule has 0 bridgehead atoms. The molecule has 0 fully saturated rings. The van der Waals surface area contributed by atoms with Crippen LogP contribution in [0.5, 0.6) is 0 Å². The van der Waals surface area contributed by atoms with Gasteiger partial charge in [0.2, 0.25) is 5.95 Å². The van der Waals surface area contributed by atoms with Crippen molar-refractivity contribution in [1.82, 2.24) is 15.2 Å². The van der Waals surface area contributed by atoms with Gasteiger partial charge < -0.3 is 10.6 Å². The molecule has 2 aromatic rings. The van der Waals surface area contributed by atoms with E-state index in [-0.39, 0.29) is 0 Å². The zero-order chi connectivity index (χ0) is 13.5. The van der Waals surface area contributed by atoms with E-state index >= 15 is 0 Å². The number of anilines is 2. The van der Waals surface area contributed by atoms with E-state index in [1.54, 1.807) is 12.3 Å². The maximum atomic E-state index is 4.30. The van der Waals surface area contributed by atoms with Gasteiger partial charge in [-0.3, -0.25) is 0 Å². The van der Waals surface area contributed by atoms with Gasteiger partial charge in [0.05, 0.1) is 6.20 Å². The third-order valence-electron chi connectivity index (χ3n) is 2.56. The molecule has 5 nitrogen and oxygen atoms in total. The van der Waals surface area contributed by atoms with E-state index < -0.39 is 0 Å². The Morgan fingerprint density at radius 3 is 2.74 bits per heavy atom. The Bertz CT molecular complexity index is 536. The van der Waals surface area contributed by atoms with Crippen molar-refractivity contribution in [1.29, 1.82) is 0 Å². The minimum atomic E-state index is 0.494. The number of benzene rings is 1. The lowest BCUT2D eigenvalue weighted by atomic mass is 10.1. The van der Waals surface area contributed by atoms with Crippen LogP contribution in [0.3, 0.4) is 0 Å². The molecule has 0 atom stereocenters. The molecule has 0 aliphatic rings.